The summed E-state index contributed by atoms with van der Waals surface area (Å²) in [6, 6.07) is 8.80. The number of methoxy groups -OCH3 is 1. The second-order valence-electron chi connectivity index (χ2n) is 7.10. The van der Waals surface area contributed by atoms with E-state index in [0.717, 1.165) is 31.4 Å². The van der Waals surface area contributed by atoms with Crippen molar-refractivity contribution in [1.82, 2.24) is 0 Å². The maximum absolute atomic E-state index is 13.2. The monoisotopic (exact) mass is 331 g/mol. The minimum Gasteiger partial charge on any atom is -0.467 e. The average molecular weight is 331 g/mol. The number of anilines is 1. The molecule has 1 aromatic rings. The molecule has 0 aliphatic heterocycles. The first-order valence-electron chi connectivity index (χ1n) is 8.91. The van der Waals surface area contributed by atoms with E-state index < -0.39 is 6.04 Å². The molecule has 0 N–H and O–H groups in total. The summed E-state index contributed by atoms with van der Waals surface area (Å²) in [6.07, 6.45) is 3.98. The molecule has 4 heteroatoms. The van der Waals surface area contributed by atoms with Gasteiger partial charge >= 0.3 is 5.97 Å². The molecule has 1 aliphatic carbocycles. The van der Waals surface area contributed by atoms with Gasteiger partial charge in [0.05, 0.1) is 7.11 Å². The zero-order chi connectivity index (χ0) is 17.7. The Morgan fingerprint density at radius 1 is 1.04 bits per heavy atom. The zero-order valence-electron chi connectivity index (χ0n) is 15.2. The second kappa shape index (κ2) is 8.32. The molecule has 0 aromatic heterocycles. The maximum Gasteiger partial charge on any atom is 0.328 e. The van der Waals surface area contributed by atoms with Crippen LogP contribution in [-0.2, 0) is 14.3 Å². The Kier molecular flexibility index (Phi) is 6.41. The number of nitrogens with zero attached hydrogens (tertiary/aromatic N) is 1. The highest BCUT2D eigenvalue weighted by Gasteiger charge is 2.35. The normalized spacial score (nSPS) is 22.0. The van der Waals surface area contributed by atoms with Crippen molar-refractivity contribution < 1.29 is 14.3 Å². The first-order valence-corrected chi connectivity index (χ1v) is 8.91. The summed E-state index contributed by atoms with van der Waals surface area (Å²) in [7, 11) is 1.36. The minimum absolute atomic E-state index is 0.00712. The predicted molar refractivity (Wildman–Crippen MR) is 95.7 cm³/mol. The van der Waals surface area contributed by atoms with Crippen LogP contribution in [0.2, 0.25) is 0 Å². The molecule has 24 heavy (non-hydrogen) atoms. The van der Waals surface area contributed by atoms with Crippen LogP contribution >= 0.6 is 0 Å². The van der Waals surface area contributed by atoms with Crippen LogP contribution in [0, 0.1) is 17.8 Å². The number of rotatable bonds is 5. The summed E-state index contributed by atoms with van der Waals surface area (Å²) in [5.74, 6) is 1.02. The van der Waals surface area contributed by atoms with Crippen LogP contribution in [0.25, 0.3) is 0 Å². The summed E-state index contributed by atoms with van der Waals surface area (Å²) < 4.78 is 4.87. The maximum atomic E-state index is 13.2. The molecule has 0 unspecified atom stereocenters. The predicted octanol–water partition coefficient (Wildman–Crippen LogP) is 4.04. The van der Waals surface area contributed by atoms with Gasteiger partial charge in [-0.1, -0.05) is 32.0 Å². The van der Waals surface area contributed by atoms with Crippen LogP contribution in [0.5, 0.6) is 0 Å². The van der Waals surface area contributed by atoms with E-state index in [9.17, 15) is 9.59 Å². The molecular weight excluding hydrogens is 302 g/mol. The number of esters is 1. The Morgan fingerprint density at radius 2 is 1.62 bits per heavy atom. The summed E-state index contributed by atoms with van der Waals surface area (Å²) in [5, 5.41) is 0. The molecule has 1 aromatic carbocycles. The Bertz CT molecular complexity index is 547. The zero-order valence-corrected chi connectivity index (χ0v) is 15.2. The SMILES string of the molecule is COC(=O)[C@H](C)N(C(=O)C1CCC(C(C)C)CC1)c1ccccc1. The third-order valence-corrected chi connectivity index (χ3v) is 5.27. The summed E-state index contributed by atoms with van der Waals surface area (Å²) in [6.45, 7) is 6.24. The average Bonchev–Trinajstić information content (AvgIpc) is 2.62. The molecule has 4 nitrogen and oxygen atoms in total. The van der Waals surface area contributed by atoms with Crippen molar-refractivity contribution in [3.8, 4) is 0 Å². The Hall–Kier alpha value is -1.84. The number of carbonyl (C=O) groups is 2. The number of hydrogen-bond donors (Lipinski definition) is 0. The van der Waals surface area contributed by atoms with Crippen LogP contribution < -0.4 is 4.90 Å². The van der Waals surface area contributed by atoms with Crippen LogP contribution in [0.4, 0.5) is 5.69 Å². The van der Waals surface area contributed by atoms with Crippen LogP contribution in [-0.4, -0.2) is 25.0 Å². The Balaban J connectivity index is 2.18. The smallest absolute Gasteiger partial charge is 0.328 e. The lowest BCUT2D eigenvalue weighted by atomic mass is 9.76. The molecular formula is C20H29NO3. The van der Waals surface area contributed by atoms with Gasteiger partial charge in [0, 0.05) is 11.6 Å². The van der Waals surface area contributed by atoms with E-state index in [0.29, 0.717) is 11.8 Å². The highest BCUT2D eigenvalue weighted by molar-refractivity contribution is 6.00. The van der Waals surface area contributed by atoms with Gasteiger partial charge in [-0.3, -0.25) is 9.69 Å². The third kappa shape index (κ3) is 4.16. The highest BCUT2D eigenvalue weighted by atomic mass is 16.5. The van der Waals surface area contributed by atoms with E-state index >= 15 is 0 Å². The van der Waals surface area contributed by atoms with Crippen molar-refractivity contribution in [2.45, 2.75) is 52.5 Å². The molecule has 132 valence electrons. The molecule has 0 saturated heterocycles. The standard InChI is InChI=1S/C20H29NO3/c1-14(2)16-10-12-17(13-11-16)19(22)21(15(3)20(23)24-4)18-8-6-5-7-9-18/h5-9,14-17H,10-13H2,1-4H3/t15-,16?,17?/m0/s1. The van der Waals surface area contributed by atoms with Gasteiger partial charge in [0.1, 0.15) is 6.04 Å². The lowest BCUT2D eigenvalue weighted by molar-refractivity contribution is -0.143. The first-order chi connectivity index (χ1) is 11.5. The van der Waals surface area contributed by atoms with E-state index in [-0.39, 0.29) is 17.8 Å². The van der Waals surface area contributed by atoms with Gasteiger partial charge in [-0.05, 0) is 56.6 Å². The number of hydrogen-bond acceptors (Lipinski definition) is 3. The summed E-state index contributed by atoms with van der Waals surface area (Å²) >= 11 is 0. The van der Waals surface area contributed by atoms with Gasteiger partial charge in [0.25, 0.3) is 0 Å². The van der Waals surface area contributed by atoms with Gasteiger partial charge in [-0.2, -0.15) is 0 Å². The number of para-hydroxylation sites is 1. The van der Waals surface area contributed by atoms with Gasteiger partial charge in [-0.25, -0.2) is 4.79 Å². The molecule has 1 atom stereocenters. The molecule has 1 fully saturated rings. The molecule has 0 bridgehead atoms. The number of carbonyl (C=O) groups excluding carboxylic acids is 2. The topological polar surface area (TPSA) is 46.6 Å². The molecule has 0 radical (unpaired) electrons. The Labute approximate surface area is 145 Å². The van der Waals surface area contributed by atoms with Crippen molar-refractivity contribution in [3.05, 3.63) is 30.3 Å². The highest BCUT2D eigenvalue weighted by Crippen LogP contribution is 2.35. The van der Waals surface area contributed by atoms with E-state index in [1.54, 1.807) is 11.8 Å². The molecule has 1 saturated carbocycles. The van der Waals surface area contributed by atoms with Crippen LogP contribution in [0.3, 0.4) is 0 Å². The van der Waals surface area contributed by atoms with Crippen molar-refractivity contribution in [2.75, 3.05) is 12.0 Å². The number of ether oxygens (including phenoxy) is 1. The first kappa shape index (κ1) is 18.5. The largest absolute Gasteiger partial charge is 0.467 e. The van der Waals surface area contributed by atoms with Crippen molar-refractivity contribution >= 4 is 17.6 Å². The summed E-state index contributed by atoms with van der Waals surface area (Å²) in [4.78, 5) is 26.8. The van der Waals surface area contributed by atoms with Crippen molar-refractivity contribution in [3.63, 3.8) is 0 Å². The molecule has 1 aliphatic rings. The van der Waals surface area contributed by atoms with Crippen LogP contribution in [0.1, 0.15) is 46.5 Å². The van der Waals surface area contributed by atoms with E-state index in [1.807, 2.05) is 30.3 Å². The number of amides is 1. The fourth-order valence-electron chi connectivity index (χ4n) is 3.64. The van der Waals surface area contributed by atoms with Gasteiger partial charge in [-0.15, -0.1) is 0 Å². The molecule has 0 spiro atoms. The fourth-order valence-corrected chi connectivity index (χ4v) is 3.64. The van der Waals surface area contributed by atoms with Gasteiger partial charge < -0.3 is 4.74 Å². The number of benzene rings is 1. The fraction of sp³-hybridized carbons (Fsp3) is 0.600. The lowest BCUT2D eigenvalue weighted by Gasteiger charge is -2.35. The lowest BCUT2D eigenvalue weighted by Crippen LogP contribution is -2.47. The van der Waals surface area contributed by atoms with Gasteiger partial charge in [0.2, 0.25) is 5.91 Å². The molecule has 0 heterocycles. The quantitative estimate of drug-likeness (QED) is 0.765. The van der Waals surface area contributed by atoms with E-state index in [1.165, 1.54) is 7.11 Å². The van der Waals surface area contributed by atoms with Gasteiger partial charge in [0.15, 0.2) is 0 Å². The van der Waals surface area contributed by atoms with Crippen molar-refractivity contribution in [1.29, 1.82) is 0 Å². The minimum atomic E-state index is -0.618. The van der Waals surface area contributed by atoms with E-state index in [4.69, 9.17) is 4.74 Å². The van der Waals surface area contributed by atoms with E-state index in [2.05, 4.69) is 13.8 Å². The molecule has 2 rings (SSSR count). The summed E-state index contributed by atoms with van der Waals surface area (Å²) in [5.41, 5.74) is 0.756. The third-order valence-electron chi connectivity index (χ3n) is 5.27. The van der Waals surface area contributed by atoms with Crippen molar-refractivity contribution in [2.24, 2.45) is 17.8 Å². The van der Waals surface area contributed by atoms with Crippen LogP contribution in [0.15, 0.2) is 30.3 Å². The second-order valence-corrected chi connectivity index (χ2v) is 7.10. The Morgan fingerprint density at radius 3 is 2.12 bits per heavy atom. The molecule has 1 amide bonds.